The molecule has 2 atom stereocenters. The van der Waals surface area contributed by atoms with Gasteiger partial charge in [0.1, 0.15) is 18.2 Å². The minimum atomic E-state index is -0.666. The molecule has 0 spiro atoms. The Balaban J connectivity index is 1.60. The maximum absolute atomic E-state index is 14.4. The number of aromatic nitrogens is 3. The van der Waals surface area contributed by atoms with Gasteiger partial charge in [0.25, 0.3) is 0 Å². The van der Waals surface area contributed by atoms with Gasteiger partial charge in [0.15, 0.2) is 0 Å². The van der Waals surface area contributed by atoms with E-state index >= 15 is 0 Å². The number of hydrogen-bond donors (Lipinski definition) is 2. The Morgan fingerprint density at radius 1 is 1.15 bits per heavy atom. The summed E-state index contributed by atoms with van der Waals surface area (Å²) in [6.45, 7) is 3.98. The molecule has 5 rings (SSSR count). The molecule has 2 aliphatic rings. The molecule has 1 saturated carbocycles. The number of hydrogen-bond acceptors (Lipinski definition) is 5. The zero-order valence-corrected chi connectivity index (χ0v) is 18.4. The SMILES string of the molecule is CC1(C)[C@H]2CC[C@]1(c1cccc(CNC(=O)CO)n1)c1nnc(-c3c(F)cccc3F)cc12. The first-order valence-electron chi connectivity index (χ1n) is 11.0. The first-order chi connectivity index (χ1) is 15.8. The van der Waals surface area contributed by atoms with Gasteiger partial charge in [0.05, 0.1) is 40.3 Å². The monoisotopic (exact) mass is 450 g/mol. The van der Waals surface area contributed by atoms with Crippen molar-refractivity contribution in [3.05, 3.63) is 76.7 Å². The molecule has 0 radical (unpaired) electrons. The Kier molecular flexibility index (Phi) is 5.01. The van der Waals surface area contributed by atoms with Gasteiger partial charge < -0.3 is 10.4 Å². The molecule has 8 heteroatoms. The van der Waals surface area contributed by atoms with E-state index in [0.29, 0.717) is 5.69 Å². The summed E-state index contributed by atoms with van der Waals surface area (Å²) < 4.78 is 28.8. The smallest absolute Gasteiger partial charge is 0.246 e. The molecule has 2 aromatic heterocycles. The van der Waals surface area contributed by atoms with Crippen molar-refractivity contribution in [2.45, 2.75) is 44.6 Å². The average molecular weight is 450 g/mol. The maximum atomic E-state index is 14.4. The highest BCUT2D eigenvalue weighted by Gasteiger charge is 2.65. The highest BCUT2D eigenvalue weighted by atomic mass is 19.1. The molecule has 3 aromatic rings. The number of nitrogens with one attached hydrogen (secondary N) is 1. The standard InChI is InChI=1S/C25H24F2N4O2/c1-24(2)16-9-10-25(24,20-8-3-5-14(29-20)12-28-21(33)13-32)23-15(16)11-19(30-31-23)22-17(26)6-4-7-18(22)27/h3-8,11,16,32H,9-10,12-13H2,1-2H3,(H,28,33)/t16-,25-/m0/s1. The Labute approximate surface area is 190 Å². The summed E-state index contributed by atoms with van der Waals surface area (Å²) in [5, 5.41) is 20.4. The molecule has 170 valence electrons. The Hall–Kier alpha value is -3.26. The summed E-state index contributed by atoms with van der Waals surface area (Å²) in [4.78, 5) is 16.3. The van der Waals surface area contributed by atoms with Crippen LogP contribution in [0.15, 0.2) is 42.5 Å². The lowest BCUT2D eigenvalue weighted by atomic mass is 9.66. The van der Waals surface area contributed by atoms with Crippen LogP contribution in [-0.2, 0) is 16.8 Å². The molecule has 1 amide bonds. The van der Waals surface area contributed by atoms with Crippen LogP contribution in [0.5, 0.6) is 0 Å². The fourth-order valence-electron chi connectivity index (χ4n) is 5.82. The number of rotatable bonds is 5. The van der Waals surface area contributed by atoms with E-state index in [4.69, 9.17) is 10.1 Å². The summed E-state index contributed by atoms with van der Waals surface area (Å²) >= 11 is 0. The zero-order valence-electron chi connectivity index (χ0n) is 18.4. The zero-order chi connectivity index (χ0) is 23.4. The number of fused-ring (bicyclic) bond motifs is 5. The number of carbonyl (C=O) groups is 1. The van der Waals surface area contributed by atoms with Crippen molar-refractivity contribution in [2.24, 2.45) is 5.41 Å². The number of aliphatic hydroxyl groups is 1. The molecule has 6 nitrogen and oxygen atoms in total. The van der Waals surface area contributed by atoms with Crippen LogP contribution in [0, 0.1) is 17.0 Å². The lowest BCUT2D eigenvalue weighted by Gasteiger charge is -2.37. The molecule has 0 aliphatic heterocycles. The number of halogens is 2. The molecule has 2 N–H and O–H groups in total. The van der Waals surface area contributed by atoms with Crippen LogP contribution in [0.4, 0.5) is 8.78 Å². The quantitative estimate of drug-likeness (QED) is 0.620. The van der Waals surface area contributed by atoms with Crippen molar-refractivity contribution in [1.82, 2.24) is 20.5 Å². The predicted octanol–water partition coefficient (Wildman–Crippen LogP) is 3.63. The number of pyridine rings is 1. The molecule has 33 heavy (non-hydrogen) atoms. The molecule has 2 aliphatic carbocycles. The number of benzene rings is 1. The second kappa shape index (κ2) is 7.66. The van der Waals surface area contributed by atoms with E-state index in [1.807, 2.05) is 18.2 Å². The Morgan fingerprint density at radius 3 is 2.61 bits per heavy atom. The van der Waals surface area contributed by atoms with Crippen molar-refractivity contribution < 1.29 is 18.7 Å². The van der Waals surface area contributed by atoms with E-state index < -0.39 is 29.6 Å². The van der Waals surface area contributed by atoms with Gasteiger partial charge in [-0.2, -0.15) is 5.10 Å². The van der Waals surface area contributed by atoms with Gasteiger partial charge in [-0.25, -0.2) is 8.78 Å². The van der Waals surface area contributed by atoms with E-state index in [9.17, 15) is 13.6 Å². The largest absolute Gasteiger partial charge is 0.387 e. The van der Waals surface area contributed by atoms with Crippen molar-refractivity contribution in [1.29, 1.82) is 0 Å². The molecule has 2 bridgehead atoms. The van der Waals surface area contributed by atoms with E-state index in [1.54, 1.807) is 6.07 Å². The number of amides is 1. The van der Waals surface area contributed by atoms with E-state index in [-0.39, 0.29) is 29.1 Å². The summed E-state index contributed by atoms with van der Waals surface area (Å²) in [5.74, 6) is -1.65. The second-order valence-corrected chi connectivity index (χ2v) is 9.30. The molecular weight excluding hydrogens is 426 g/mol. The Morgan fingerprint density at radius 2 is 1.88 bits per heavy atom. The third-order valence-corrected chi connectivity index (χ3v) is 7.46. The van der Waals surface area contributed by atoms with Crippen LogP contribution in [0.25, 0.3) is 11.3 Å². The molecule has 2 heterocycles. The van der Waals surface area contributed by atoms with E-state index in [1.165, 1.54) is 18.2 Å². The van der Waals surface area contributed by atoms with Gasteiger partial charge in [-0.05, 0) is 60.1 Å². The minimum absolute atomic E-state index is 0.149. The normalized spacial score (nSPS) is 22.3. The van der Waals surface area contributed by atoms with Crippen LogP contribution >= 0.6 is 0 Å². The van der Waals surface area contributed by atoms with Gasteiger partial charge >= 0.3 is 0 Å². The third kappa shape index (κ3) is 3.08. The first kappa shape index (κ1) is 21.6. The van der Waals surface area contributed by atoms with Gasteiger partial charge in [0, 0.05) is 0 Å². The minimum Gasteiger partial charge on any atom is -0.387 e. The van der Waals surface area contributed by atoms with Crippen LogP contribution in [0.2, 0.25) is 0 Å². The molecule has 0 saturated heterocycles. The van der Waals surface area contributed by atoms with Crippen LogP contribution < -0.4 is 5.32 Å². The molecular formula is C25H24F2N4O2. The van der Waals surface area contributed by atoms with Crippen molar-refractivity contribution >= 4 is 5.91 Å². The summed E-state index contributed by atoms with van der Waals surface area (Å²) in [6.07, 6.45) is 1.73. The highest BCUT2D eigenvalue weighted by molar-refractivity contribution is 5.76. The van der Waals surface area contributed by atoms with Gasteiger partial charge in [-0.3, -0.25) is 9.78 Å². The van der Waals surface area contributed by atoms with E-state index in [0.717, 1.165) is 29.8 Å². The predicted molar refractivity (Wildman–Crippen MR) is 117 cm³/mol. The van der Waals surface area contributed by atoms with Crippen molar-refractivity contribution in [2.75, 3.05) is 6.61 Å². The number of aliphatic hydroxyl groups excluding tert-OH is 1. The lowest BCUT2D eigenvalue weighted by molar-refractivity contribution is -0.124. The molecule has 1 fully saturated rings. The Bertz CT molecular complexity index is 1240. The molecule has 0 unspecified atom stereocenters. The summed E-state index contributed by atoms with van der Waals surface area (Å²) in [6, 6.07) is 11.2. The number of nitrogens with zero attached hydrogens (tertiary/aromatic N) is 3. The summed E-state index contributed by atoms with van der Waals surface area (Å²) in [5.41, 5.74) is 2.56. The van der Waals surface area contributed by atoms with Crippen molar-refractivity contribution in [3.63, 3.8) is 0 Å². The summed E-state index contributed by atoms with van der Waals surface area (Å²) in [7, 11) is 0. The topological polar surface area (TPSA) is 88.0 Å². The van der Waals surface area contributed by atoms with Gasteiger partial charge in [0.2, 0.25) is 5.91 Å². The fourth-order valence-corrected chi connectivity index (χ4v) is 5.82. The maximum Gasteiger partial charge on any atom is 0.246 e. The van der Waals surface area contributed by atoms with Crippen LogP contribution in [0.1, 0.15) is 55.3 Å². The number of carbonyl (C=O) groups excluding carboxylic acids is 1. The van der Waals surface area contributed by atoms with Gasteiger partial charge in [-0.15, -0.1) is 5.10 Å². The lowest BCUT2D eigenvalue weighted by Crippen LogP contribution is -2.38. The van der Waals surface area contributed by atoms with Crippen molar-refractivity contribution in [3.8, 4) is 11.3 Å². The van der Waals surface area contributed by atoms with E-state index in [2.05, 4.69) is 29.4 Å². The first-order valence-corrected chi connectivity index (χ1v) is 11.0. The van der Waals surface area contributed by atoms with Gasteiger partial charge in [-0.1, -0.05) is 26.0 Å². The average Bonchev–Trinajstić information content (AvgIpc) is 3.18. The molecule has 1 aromatic carbocycles. The third-order valence-electron chi connectivity index (χ3n) is 7.46. The highest BCUT2D eigenvalue weighted by Crippen LogP contribution is 2.69. The van der Waals surface area contributed by atoms with Crippen LogP contribution in [0.3, 0.4) is 0 Å². The van der Waals surface area contributed by atoms with Crippen LogP contribution in [-0.4, -0.2) is 32.8 Å². The second-order valence-electron chi connectivity index (χ2n) is 9.30. The fraction of sp³-hybridized carbons (Fsp3) is 0.360.